The van der Waals surface area contributed by atoms with Crippen LogP contribution in [-0.4, -0.2) is 69.5 Å². The van der Waals surface area contributed by atoms with Crippen molar-refractivity contribution in [1.29, 1.82) is 0 Å². The van der Waals surface area contributed by atoms with Gasteiger partial charge in [-0.3, -0.25) is 4.79 Å². The Morgan fingerprint density at radius 3 is 2.40 bits per heavy atom. The average molecular weight is 591 g/mol. The molecule has 5 rings (SSSR count). The summed E-state index contributed by atoms with van der Waals surface area (Å²) in [6, 6.07) is 8.23. The van der Waals surface area contributed by atoms with E-state index in [0.717, 1.165) is 49.2 Å². The second kappa shape index (κ2) is 12.2. The summed E-state index contributed by atoms with van der Waals surface area (Å²) in [6.45, 7) is 10.3. The Balaban J connectivity index is 1.06. The fourth-order valence-electron chi connectivity index (χ4n) is 5.63. The minimum absolute atomic E-state index is 0.0111. The van der Waals surface area contributed by atoms with Crippen LogP contribution in [0.2, 0.25) is 0 Å². The van der Waals surface area contributed by atoms with Gasteiger partial charge in [0.25, 0.3) is 5.82 Å². The largest absolute Gasteiger partial charge is 0.491 e. The number of benzene rings is 1. The summed E-state index contributed by atoms with van der Waals surface area (Å²) in [5.74, 6) is 1.00. The Morgan fingerprint density at radius 2 is 1.74 bits per heavy atom. The molecular formula is C30H41F3N6O3. The zero-order valence-corrected chi connectivity index (χ0v) is 24.8. The molecule has 2 aromatic rings. The first kappa shape index (κ1) is 30.3. The van der Waals surface area contributed by atoms with Crippen molar-refractivity contribution in [2.45, 2.75) is 103 Å². The lowest BCUT2D eigenvalue weighted by atomic mass is 9.88. The highest BCUT2D eigenvalue weighted by Crippen LogP contribution is 2.33. The standard InChI is InChI=1S/C30H41F3N6O3/c1-19(29(2,3)4)34-27(40)17-23-9-10-24(42-23)18-41-22-7-5-20(6-8-22)21-13-15-38(16-14-21)26-12-11-25-35-36-28(30(31,32)33)39(25)37-26/h5-8,19,21,23-24H,9-18H2,1-4H3,(H,34,40). The van der Waals surface area contributed by atoms with Crippen LogP contribution >= 0.6 is 0 Å². The first-order chi connectivity index (χ1) is 19.9. The number of hydrogen-bond acceptors (Lipinski definition) is 7. The van der Waals surface area contributed by atoms with Crippen molar-refractivity contribution in [3.8, 4) is 5.75 Å². The molecule has 3 aliphatic heterocycles. The molecule has 4 heterocycles. The molecule has 3 atom stereocenters. The molecule has 12 heteroatoms. The Kier molecular flexibility index (Phi) is 8.82. The van der Waals surface area contributed by atoms with E-state index in [-0.39, 0.29) is 35.4 Å². The van der Waals surface area contributed by atoms with Crippen LogP contribution in [0.1, 0.15) is 89.4 Å². The minimum Gasteiger partial charge on any atom is -0.491 e. The van der Waals surface area contributed by atoms with E-state index >= 15 is 0 Å². The molecule has 0 bridgehead atoms. The van der Waals surface area contributed by atoms with Gasteiger partial charge in [-0.2, -0.15) is 22.9 Å². The molecule has 0 saturated carbocycles. The van der Waals surface area contributed by atoms with Gasteiger partial charge in [0.2, 0.25) is 5.91 Å². The van der Waals surface area contributed by atoms with Crippen molar-refractivity contribution in [1.82, 2.24) is 25.1 Å². The minimum atomic E-state index is -4.59. The topological polar surface area (TPSA) is 93.9 Å². The van der Waals surface area contributed by atoms with Crippen molar-refractivity contribution >= 4 is 11.7 Å². The van der Waals surface area contributed by atoms with Crippen molar-refractivity contribution in [2.24, 2.45) is 10.5 Å². The molecule has 2 saturated heterocycles. The van der Waals surface area contributed by atoms with Gasteiger partial charge in [-0.15, -0.1) is 10.2 Å². The number of nitrogens with zero attached hydrogens (tertiary/aromatic N) is 5. The van der Waals surface area contributed by atoms with Crippen LogP contribution in [0.15, 0.2) is 29.4 Å². The molecule has 3 unspecified atom stereocenters. The molecule has 0 radical (unpaired) electrons. The number of hydrogen-bond donors (Lipinski definition) is 1. The molecule has 0 spiro atoms. The lowest BCUT2D eigenvalue weighted by Gasteiger charge is -2.35. The number of amidine groups is 1. The van der Waals surface area contributed by atoms with Gasteiger partial charge in [0.15, 0.2) is 5.82 Å². The summed E-state index contributed by atoms with van der Waals surface area (Å²) in [4.78, 5) is 14.5. The van der Waals surface area contributed by atoms with E-state index in [1.54, 1.807) is 0 Å². The second-order valence-corrected chi connectivity index (χ2v) is 12.7. The summed E-state index contributed by atoms with van der Waals surface area (Å²) in [5.41, 5.74) is 1.23. The molecule has 1 aromatic carbocycles. The second-order valence-electron chi connectivity index (χ2n) is 12.7. The highest BCUT2D eigenvalue weighted by molar-refractivity contribution is 5.83. The van der Waals surface area contributed by atoms with Gasteiger partial charge in [-0.1, -0.05) is 32.9 Å². The van der Waals surface area contributed by atoms with E-state index < -0.39 is 12.0 Å². The van der Waals surface area contributed by atoms with Crippen LogP contribution in [0.25, 0.3) is 0 Å². The molecule has 230 valence electrons. The maximum atomic E-state index is 13.3. The van der Waals surface area contributed by atoms with Gasteiger partial charge in [0.1, 0.15) is 18.2 Å². The Morgan fingerprint density at radius 1 is 1.05 bits per heavy atom. The third-order valence-corrected chi connectivity index (χ3v) is 8.68. The normalized spacial score (nSPS) is 22.5. The van der Waals surface area contributed by atoms with Crippen molar-refractivity contribution in [3.63, 3.8) is 0 Å². The maximum Gasteiger partial charge on any atom is 0.453 e. The van der Waals surface area contributed by atoms with Crippen molar-refractivity contribution < 1.29 is 27.4 Å². The molecule has 1 N–H and O–H groups in total. The van der Waals surface area contributed by atoms with Crippen molar-refractivity contribution in [2.75, 3.05) is 19.7 Å². The fraction of sp³-hybridized carbons (Fsp3) is 0.667. The number of likely N-dealkylation sites (tertiary alicyclic amines) is 1. The predicted molar refractivity (Wildman–Crippen MR) is 151 cm³/mol. The zero-order chi connectivity index (χ0) is 30.1. The number of halogens is 3. The average Bonchev–Trinajstić information content (AvgIpc) is 3.58. The van der Waals surface area contributed by atoms with E-state index in [0.29, 0.717) is 37.6 Å². The van der Waals surface area contributed by atoms with Gasteiger partial charge < -0.3 is 19.7 Å². The van der Waals surface area contributed by atoms with Crippen LogP contribution in [0.5, 0.6) is 5.75 Å². The molecule has 42 heavy (non-hydrogen) atoms. The van der Waals surface area contributed by atoms with E-state index in [9.17, 15) is 18.0 Å². The number of rotatable bonds is 7. The fourth-order valence-corrected chi connectivity index (χ4v) is 5.63. The number of aryl methyl sites for hydroxylation is 1. The van der Waals surface area contributed by atoms with E-state index in [2.05, 4.69) is 58.4 Å². The lowest BCUT2D eigenvalue weighted by Crippen LogP contribution is -2.42. The highest BCUT2D eigenvalue weighted by Gasteiger charge is 2.40. The number of piperidine rings is 1. The Labute approximate surface area is 244 Å². The lowest BCUT2D eigenvalue weighted by molar-refractivity contribution is -0.147. The predicted octanol–water partition coefficient (Wildman–Crippen LogP) is 5.15. The van der Waals surface area contributed by atoms with Gasteiger partial charge in [0.05, 0.1) is 18.6 Å². The summed E-state index contributed by atoms with van der Waals surface area (Å²) >= 11 is 0. The first-order valence-electron chi connectivity index (χ1n) is 14.9. The first-order valence-corrected chi connectivity index (χ1v) is 14.9. The summed E-state index contributed by atoms with van der Waals surface area (Å²) in [5, 5.41) is 14.3. The number of alkyl halides is 3. The molecule has 1 aromatic heterocycles. The van der Waals surface area contributed by atoms with Crippen molar-refractivity contribution in [3.05, 3.63) is 41.5 Å². The summed E-state index contributed by atoms with van der Waals surface area (Å²) in [7, 11) is 0. The molecule has 0 aliphatic carbocycles. The molecular weight excluding hydrogens is 549 g/mol. The van der Waals surface area contributed by atoms with E-state index in [4.69, 9.17) is 9.47 Å². The number of carbonyl (C=O) groups is 1. The zero-order valence-electron chi connectivity index (χ0n) is 24.8. The highest BCUT2D eigenvalue weighted by atomic mass is 19.4. The van der Waals surface area contributed by atoms with Crippen LogP contribution in [0.3, 0.4) is 0 Å². The van der Waals surface area contributed by atoms with Crippen LogP contribution < -0.4 is 10.1 Å². The number of amides is 1. The molecule has 3 aliphatic rings. The van der Waals surface area contributed by atoms with Crippen LogP contribution in [-0.2, 0) is 22.1 Å². The SMILES string of the molecule is CC(NC(=O)CC1CCC(COc2ccc(C3CCN(C4=Nn5c(nnc5C(F)(F)F)CC4)CC3)cc2)O1)C(C)(C)C. The quantitative estimate of drug-likeness (QED) is 0.480. The number of fused-ring (bicyclic) bond motifs is 1. The third-order valence-electron chi connectivity index (χ3n) is 8.68. The Hall–Kier alpha value is -3.15. The summed E-state index contributed by atoms with van der Waals surface area (Å²) in [6.07, 6.45) is 0.108. The monoisotopic (exact) mass is 590 g/mol. The number of carbonyl (C=O) groups excluding carboxylic acids is 1. The number of nitrogens with one attached hydrogen (secondary N) is 1. The van der Waals surface area contributed by atoms with Gasteiger partial charge >= 0.3 is 6.18 Å². The Bertz CT molecular complexity index is 1260. The summed E-state index contributed by atoms with van der Waals surface area (Å²) < 4.78 is 52.7. The number of aromatic nitrogens is 3. The number of ether oxygens (including phenoxy) is 2. The van der Waals surface area contributed by atoms with E-state index in [1.807, 2.05) is 19.1 Å². The molecule has 2 fully saturated rings. The van der Waals surface area contributed by atoms with Gasteiger partial charge in [0, 0.05) is 32.0 Å². The smallest absolute Gasteiger partial charge is 0.453 e. The maximum absolute atomic E-state index is 13.3. The van der Waals surface area contributed by atoms with E-state index in [1.165, 1.54) is 5.56 Å². The van der Waals surface area contributed by atoms with Gasteiger partial charge in [-0.05, 0) is 61.6 Å². The third kappa shape index (κ3) is 7.25. The van der Waals surface area contributed by atoms with Crippen LogP contribution in [0.4, 0.5) is 13.2 Å². The van der Waals surface area contributed by atoms with Gasteiger partial charge in [-0.25, -0.2) is 0 Å². The van der Waals surface area contributed by atoms with Crippen LogP contribution in [0, 0.1) is 5.41 Å². The molecule has 9 nitrogen and oxygen atoms in total. The molecule has 1 amide bonds.